The minimum atomic E-state index is -1.98. The Labute approximate surface area is 472 Å². The van der Waals surface area contributed by atoms with Crippen LogP contribution in [0.25, 0.3) is 0 Å². The van der Waals surface area contributed by atoms with Crippen molar-refractivity contribution >= 4 is 47.6 Å². The molecule has 15 atom stereocenters. The highest BCUT2D eigenvalue weighted by molar-refractivity contribution is 6.21. The van der Waals surface area contributed by atoms with E-state index >= 15 is 0 Å². The molecule has 0 unspecified atom stereocenters. The summed E-state index contributed by atoms with van der Waals surface area (Å²) < 4.78 is 88.3. The Kier molecular flexibility index (Phi) is 20.7. The van der Waals surface area contributed by atoms with Crippen LogP contribution in [0.3, 0.4) is 0 Å². The highest BCUT2D eigenvalue weighted by Gasteiger charge is 2.61. The van der Waals surface area contributed by atoms with Crippen molar-refractivity contribution in [2.24, 2.45) is 0 Å². The van der Waals surface area contributed by atoms with Gasteiger partial charge in [0, 0.05) is 41.5 Å². The van der Waals surface area contributed by atoms with Crippen LogP contribution in [0.1, 0.15) is 85.9 Å². The average Bonchev–Trinajstić information content (AvgIpc) is 2.17. The largest absolute Gasteiger partial charge is 0.463 e. The monoisotopic (exact) mass is 1140 g/mol. The molecule has 0 aromatic heterocycles. The highest BCUT2D eigenvalue weighted by atomic mass is 16.8. The number of nitrogens with zero attached hydrogens (tertiary/aromatic N) is 1. The molecule has 0 radical (unpaired) electrons. The molecule has 0 aliphatic carbocycles. The van der Waals surface area contributed by atoms with E-state index in [0.717, 1.165) is 63.1 Å². The van der Waals surface area contributed by atoms with E-state index in [9.17, 15) is 38.4 Å². The number of imide groups is 1. The summed E-state index contributed by atoms with van der Waals surface area (Å²) in [5.41, 5.74) is 2.27. The number of amides is 2. The zero-order valence-corrected chi connectivity index (χ0v) is 46.1. The second-order valence-corrected chi connectivity index (χ2v) is 19.7. The van der Waals surface area contributed by atoms with Crippen LogP contribution < -0.4 is 0 Å². The second-order valence-electron chi connectivity index (χ2n) is 19.7. The Morgan fingerprint density at radius 3 is 1.27 bits per heavy atom. The molecule has 3 saturated heterocycles. The van der Waals surface area contributed by atoms with Gasteiger partial charge in [-0.1, -0.05) is 103 Å². The molecular weight excluding hydrogens is 1070 g/mol. The first-order valence-electron chi connectivity index (χ1n) is 26.5. The van der Waals surface area contributed by atoms with Crippen LogP contribution in [0.15, 0.2) is 115 Å². The minimum absolute atomic E-state index is 0.0316. The lowest BCUT2D eigenvalue weighted by molar-refractivity contribution is -0.379. The molecule has 0 N–H and O–H groups in total. The molecule has 4 aromatic rings. The number of ether oxygens (including phenoxy) is 14. The van der Waals surface area contributed by atoms with Gasteiger partial charge < -0.3 is 66.3 Å². The van der Waals surface area contributed by atoms with Crippen molar-refractivity contribution in [2.75, 3.05) is 13.2 Å². The van der Waals surface area contributed by atoms with E-state index in [1.165, 1.54) is 12.1 Å². The zero-order valence-electron chi connectivity index (χ0n) is 46.1. The first-order chi connectivity index (χ1) is 39.4. The van der Waals surface area contributed by atoms with E-state index in [1.807, 2.05) is 91.0 Å². The van der Waals surface area contributed by atoms with Crippen LogP contribution in [-0.2, 0) is 115 Å². The number of carbonyl (C=O) groups is 8. The molecule has 82 heavy (non-hydrogen) atoms. The van der Waals surface area contributed by atoms with Crippen LogP contribution in [0.5, 0.6) is 0 Å². The number of fused-ring (bicyclic) bond motifs is 1. The maximum Gasteiger partial charge on any atom is 0.305 e. The SMILES string of the molecule is CC(=O)OC[C@H]1O[C@@H](O[C@H]2[C@H](O[C@@H]3O[C@@H](C)[C@@H](OCc4ccccc4)[C@@H](OCc4ccccc4)[C@@H]3OCc3ccccc3)[C@@H](N3C(=O)c4ccccc4C3=O)[C@H](OC(C)=O)O[C@@H]2COC(C)=O)[C@H](OC(C)=O)[C@@H](OC(C)=O)[C@H]1OC(C)=O. The molecular formula is C59H65NO22. The number of hydrogen-bond acceptors (Lipinski definition) is 22. The van der Waals surface area contributed by atoms with Crippen molar-refractivity contribution in [2.45, 2.75) is 160 Å². The van der Waals surface area contributed by atoms with E-state index in [1.54, 1.807) is 19.1 Å². The van der Waals surface area contributed by atoms with E-state index in [4.69, 9.17) is 66.3 Å². The maximum absolute atomic E-state index is 14.9. The minimum Gasteiger partial charge on any atom is -0.463 e. The summed E-state index contributed by atoms with van der Waals surface area (Å²) in [7, 11) is 0. The Hall–Kier alpha value is -7.48. The first-order valence-corrected chi connectivity index (χ1v) is 26.5. The lowest BCUT2D eigenvalue weighted by Crippen LogP contribution is -2.71. The molecule has 0 saturated carbocycles. The van der Waals surface area contributed by atoms with Crippen molar-refractivity contribution in [1.29, 1.82) is 0 Å². The fourth-order valence-electron chi connectivity index (χ4n) is 10.1. The molecule has 23 heteroatoms. The number of esters is 6. The van der Waals surface area contributed by atoms with Gasteiger partial charge in [0.1, 0.15) is 62.0 Å². The van der Waals surface area contributed by atoms with Crippen molar-refractivity contribution in [1.82, 2.24) is 4.90 Å². The van der Waals surface area contributed by atoms with Crippen LogP contribution in [-0.4, -0.2) is 158 Å². The van der Waals surface area contributed by atoms with Gasteiger partial charge in [0.25, 0.3) is 11.8 Å². The van der Waals surface area contributed by atoms with Gasteiger partial charge in [-0.3, -0.25) is 43.3 Å². The van der Waals surface area contributed by atoms with E-state index in [2.05, 4.69) is 0 Å². The average molecular weight is 1140 g/mol. The quantitative estimate of drug-likeness (QED) is 0.0578. The second kappa shape index (κ2) is 28.0. The lowest BCUT2D eigenvalue weighted by Gasteiger charge is -2.52. The molecule has 0 spiro atoms. The van der Waals surface area contributed by atoms with Gasteiger partial charge in [0.05, 0.1) is 37.1 Å². The van der Waals surface area contributed by atoms with Gasteiger partial charge >= 0.3 is 35.8 Å². The van der Waals surface area contributed by atoms with Crippen LogP contribution in [0.2, 0.25) is 0 Å². The number of benzene rings is 4. The van der Waals surface area contributed by atoms with E-state index in [-0.39, 0.29) is 30.9 Å². The molecule has 3 fully saturated rings. The summed E-state index contributed by atoms with van der Waals surface area (Å²) in [5.74, 6) is -7.15. The highest BCUT2D eigenvalue weighted by Crippen LogP contribution is 2.41. The van der Waals surface area contributed by atoms with Crippen LogP contribution in [0.4, 0.5) is 0 Å². The molecule has 2 amide bonds. The molecule has 4 heterocycles. The van der Waals surface area contributed by atoms with E-state index < -0.39 is 153 Å². The summed E-state index contributed by atoms with van der Waals surface area (Å²) in [4.78, 5) is 108. The van der Waals surface area contributed by atoms with Gasteiger partial charge in [-0.2, -0.15) is 0 Å². The smallest absolute Gasteiger partial charge is 0.305 e. The molecule has 8 rings (SSSR count). The third kappa shape index (κ3) is 15.1. The fraction of sp³-hybridized carbons (Fsp3) is 0.458. The summed E-state index contributed by atoms with van der Waals surface area (Å²) >= 11 is 0. The summed E-state index contributed by atoms with van der Waals surface area (Å²) in [6, 6.07) is 32.0. The molecule has 4 aromatic carbocycles. The number of rotatable bonds is 22. The first kappa shape index (κ1) is 60.6. The molecule has 23 nitrogen and oxygen atoms in total. The van der Waals surface area contributed by atoms with Crippen molar-refractivity contribution in [3.8, 4) is 0 Å². The van der Waals surface area contributed by atoms with Crippen molar-refractivity contribution < 1.29 is 105 Å². The third-order valence-electron chi connectivity index (χ3n) is 13.6. The maximum atomic E-state index is 14.9. The molecule has 438 valence electrons. The van der Waals surface area contributed by atoms with Gasteiger partial charge in [-0.15, -0.1) is 0 Å². The van der Waals surface area contributed by atoms with Crippen molar-refractivity contribution in [3.05, 3.63) is 143 Å². The normalized spacial score (nSPS) is 28.7. The Morgan fingerprint density at radius 2 is 0.793 bits per heavy atom. The van der Waals surface area contributed by atoms with Gasteiger partial charge in [0.15, 0.2) is 30.9 Å². The van der Waals surface area contributed by atoms with Gasteiger partial charge in [-0.25, -0.2) is 0 Å². The number of hydrogen-bond donors (Lipinski definition) is 0. The van der Waals surface area contributed by atoms with Crippen molar-refractivity contribution in [3.63, 3.8) is 0 Å². The number of carbonyl (C=O) groups excluding carboxylic acids is 8. The predicted molar refractivity (Wildman–Crippen MR) is 279 cm³/mol. The summed E-state index contributed by atoms with van der Waals surface area (Å²) in [6.07, 6.45) is -21.8. The molecule has 4 aliphatic heterocycles. The summed E-state index contributed by atoms with van der Waals surface area (Å²) in [6.45, 7) is 6.80. The summed E-state index contributed by atoms with van der Waals surface area (Å²) in [5, 5.41) is 0. The zero-order chi connectivity index (χ0) is 58.6. The molecule has 0 bridgehead atoms. The Morgan fingerprint density at radius 1 is 0.402 bits per heavy atom. The van der Waals surface area contributed by atoms with E-state index in [0.29, 0.717) is 0 Å². The topological polar surface area (TPSA) is 269 Å². The van der Waals surface area contributed by atoms with Gasteiger partial charge in [0.2, 0.25) is 6.29 Å². The standard InChI is InChI=1S/C59H65NO22/c1-32-47(71-27-39-19-11-8-12-20-39)51(72-28-40-21-13-9-14-22-40)53(73-29-41-23-15-10-16-24-41)58(74-32)82-50-46(60-55(67)42-25-17-18-26-43(42)56(60)68)57(78-38(7)66)79-44(30-69-33(2)61)48(50)81-59-54(77-37(6)65)52(76-36(5)64)49(75-35(4)63)45(80-59)31-70-34(3)62/h8-26,32,44-54,57-59H,27-31H2,1-7H3/t32-,44+,45+,46+,47+,48+,49-,50+,51+,52-,53-,54+,57+,58-,59-/m0/s1. The molecule has 4 aliphatic rings. The fourth-order valence-corrected chi connectivity index (χ4v) is 10.1. The van der Waals surface area contributed by atoms with Gasteiger partial charge in [-0.05, 0) is 35.7 Å². The lowest BCUT2D eigenvalue weighted by atomic mass is 9.93. The Balaban J connectivity index is 1.31. The van der Waals surface area contributed by atoms with Crippen LogP contribution in [0, 0.1) is 0 Å². The third-order valence-corrected chi connectivity index (χ3v) is 13.6. The predicted octanol–water partition coefficient (Wildman–Crippen LogP) is 4.86. The Bertz CT molecular complexity index is 2840. The van der Waals surface area contributed by atoms with Crippen LogP contribution >= 0.6 is 0 Å².